The summed E-state index contributed by atoms with van der Waals surface area (Å²) in [7, 11) is 1.57. The van der Waals surface area contributed by atoms with Crippen LogP contribution in [-0.2, 0) is 7.05 Å². The molecule has 2 heterocycles. The molecule has 3 aromatic rings. The highest BCUT2D eigenvalue weighted by Crippen LogP contribution is 2.36. The number of amides is 1. The summed E-state index contributed by atoms with van der Waals surface area (Å²) < 4.78 is 1.23. The monoisotopic (exact) mass is 420 g/mol. The maximum atomic E-state index is 13.7. The van der Waals surface area contributed by atoms with Gasteiger partial charge < -0.3 is 0 Å². The third-order valence-electron chi connectivity index (χ3n) is 5.29. The van der Waals surface area contributed by atoms with Gasteiger partial charge in [0.15, 0.2) is 10.9 Å². The fourth-order valence-corrected chi connectivity index (χ4v) is 4.81. The fourth-order valence-electron chi connectivity index (χ4n) is 3.58. The molecule has 1 aliphatic heterocycles. The van der Waals surface area contributed by atoms with E-state index in [-0.39, 0.29) is 17.2 Å². The summed E-state index contributed by atoms with van der Waals surface area (Å²) in [6, 6.07) is 13.2. The van der Waals surface area contributed by atoms with Gasteiger partial charge in [0.25, 0.3) is 11.5 Å². The molecule has 0 bridgehead atoms. The largest absolute Gasteiger partial charge is 0.281 e. The van der Waals surface area contributed by atoms with E-state index in [1.807, 2.05) is 52.0 Å². The van der Waals surface area contributed by atoms with E-state index in [1.54, 1.807) is 41.9 Å². The van der Waals surface area contributed by atoms with Gasteiger partial charge in [0.2, 0.25) is 0 Å². The van der Waals surface area contributed by atoms with Gasteiger partial charge in [-0.05, 0) is 51.0 Å². The van der Waals surface area contributed by atoms with E-state index in [1.165, 1.54) is 4.68 Å². The molecule has 1 fully saturated rings. The molecule has 0 radical (unpaired) electrons. The molecule has 0 atom stereocenters. The smallest absolute Gasteiger partial charge is 0.279 e. The normalized spacial score (nSPS) is 17.1. The Labute approximate surface area is 179 Å². The third-order valence-corrected chi connectivity index (χ3v) is 6.68. The van der Waals surface area contributed by atoms with Gasteiger partial charge in [0, 0.05) is 18.2 Å². The van der Waals surface area contributed by atoms with Gasteiger partial charge in [-0.25, -0.2) is 9.67 Å². The topological polar surface area (TPSA) is 67.6 Å². The van der Waals surface area contributed by atoms with Crippen molar-refractivity contribution in [1.82, 2.24) is 14.7 Å². The van der Waals surface area contributed by atoms with Gasteiger partial charge in [0.05, 0.1) is 16.6 Å². The lowest BCUT2D eigenvalue weighted by Crippen LogP contribution is -2.47. The van der Waals surface area contributed by atoms with Crippen molar-refractivity contribution in [3.8, 4) is 0 Å². The predicted molar refractivity (Wildman–Crippen MR) is 123 cm³/mol. The highest BCUT2D eigenvalue weighted by Gasteiger charge is 2.43. The lowest BCUT2D eigenvalue weighted by molar-refractivity contribution is 0.0761. The Morgan fingerprint density at radius 2 is 1.83 bits per heavy atom. The molecule has 6 nitrogen and oxygen atoms in total. The van der Waals surface area contributed by atoms with Crippen molar-refractivity contribution in [3.63, 3.8) is 0 Å². The van der Waals surface area contributed by atoms with E-state index in [2.05, 4.69) is 5.10 Å². The lowest BCUT2D eigenvalue weighted by atomic mass is 10.0. The summed E-state index contributed by atoms with van der Waals surface area (Å²) in [4.78, 5) is 32.8. The first kappa shape index (κ1) is 20.3. The number of aliphatic imine (C=N–C) groups is 1. The maximum absolute atomic E-state index is 13.7. The highest BCUT2D eigenvalue weighted by atomic mass is 32.2. The molecule has 1 aromatic heterocycles. The van der Waals surface area contributed by atoms with Crippen molar-refractivity contribution in [3.05, 3.63) is 69.6 Å². The Hall–Kier alpha value is -2.93. The number of rotatable bonds is 2. The first-order valence-corrected chi connectivity index (χ1v) is 10.8. The molecule has 0 N–H and O–H groups in total. The average Bonchev–Trinajstić information content (AvgIpc) is 3.01. The first-order valence-electron chi connectivity index (χ1n) is 9.78. The minimum atomic E-state index is -0.435. The van der Waals surface area contributed by atoms with Crippen LogP contribution >= 0.6 is 11.8 Å². The maximum Gasteiger partial charge on any atom is 0.281 e. The number of carbonyl (C=O) groups excluding carboxylic acids is 1. The quantitative estimate of drug-likeness (QED) is 0.623. The molecule has 30 heavy (non-hydrogen) atoms. The Balaban J connectivity index is 1.87. The predicted octanol–water partition coefficient (Wildman–Crippen LogP) is 4.21. The molecule has 1 aliphatic rings. The van der Waals surface area contributed by atoms with E-state index >= 15 is 0 Å². The summed E-state index contributed by atoms with van der Waals surface area (Å²) in [5.74, 6) is 0.479. The van der Waals surface area contributed by atoms with E-state index in [0.717, 1.165) is 22.6 Å². The zero-order valence-corrected chi connectivity index (χ0v) is 18.6. The van der Waals surface area contributed by atoms with Crippen LogP contribution in [0.25, 0.3) is 10.8 Å². The van der Waals surface area contributed by atoms with Crippen molar-refractivity contribution in [1.29, 1.82) is 0 Å². The molecule has 1 saturated heterocycles. The van der Waals surface area contributed by atoms with Crippen LogP contribution in [0.4, 0.5) is 5.69 Å². The summed E-state index contributed by atoms with van der Waals surface area (Å²) in [5.41, 5.74) is 2.63. The van der Waals surface area contributed by atoms with Gasteiger partial charge in [-0.3, -0.25) is 14.5 Å². The van der Waals surface area contributed by atoms with Crippen LogP contribution in [0.5, 0.6) is 0 Å². The van der Waals surface area contributed by atoms with Crippen LogP contribution in [0, 0.1) is 13.8 Å². The second kappa shape index (κ2) is 7.40. The van der Waals surface area contributed by atoms with Crippen LogP contribution < -0.4 is 5.56 Å². The molecule has 0 aliphatic carbocycles. The number of nitrogens with zero attached hydrogens (tertiary/aromatic N) is 4. The minimum absolute atomic E-state index is 0.221. The summed E-state index contributed by atoms with van der Waals surface area (Å²) in [6.45, 7) is 8.08. The molecule has 0 unspecified atom stereocenters. The molecule has 2 aromatic carbocycles. The Bertz CT molecular complexity index is 1260. The van der Waals surface area contributed by atoms with Crippen molar-refractivity contribution >= 4 is 39.3 Å². The Kier molecular flexibility index (Phi) is 5.02. The van der Waals surface area contributed by atoms with Crippen LogP contribution in [0.15, 0.2) is 52.3 Å². The van der Waals surface area contributed by atoms with Crippen LogP contribution in [0.1, 0.15) is 35.5 Å². The number of benzene rings is 2. The average molecular weight is 421 g/mol. The first-order chi connectivity index (χ1) is 14.2. The Morgan fingerprint density at radius 1 is 1.13 bits per heavy atom. The van der Waals surface area contributed by atoms with Crippen molar-refractivity contribution in [2.75, 3.05) is 5.75 Å². The van der Waals surface area contributed by atoms with E-state index in [4.69, 9.17) is 4.99 Å². The van der Waals surface area contributed by atoms with Gasteiger partial charge in [-0.1, -0.05) is 42.1 Å². The zero-order valence-electron chi connectivity index (χ0n) is 17.8. The number of aromatic nitrogens is 2. The molecule has 1 amide bonds. The number of aryl methyl sites for hydroxylation is 3. The number of carbonyl (C=O) groups is 1. The summed E-state index contributed by atoms with van der Waals surface area (Å²) in [5, 5.41) is 6.03. The third kappa shape index (κ3) is 3.43. The second-order valence-electron chi connectivity index (χ2n) is 8.25. The summed E-state index contributed by atoms with van der Waals surface area (Å²) in [6.07, 6.45) is 0. The molecule has 7 heteroatoms. The molecule has 0 spiro atoms. The number of hydrogen-bond donors (Lipinski definition) is 0. The van der Waals surface area contributed by atoms with Crippen molar-refractivity contribution in [2.45, 2.75) is 33.2 Å². The van der Waals surface area contributed by atoms with Gasteiger partial charge in [-0.15, -0.1) is 0 Å². The lowest BCUT2D eigenvalue weighted by Gasteiger charge is -2.30. The van der Waals surface area contributed by atoms with Crippen molar-refractivity contribution in [2.24, 2.45) is 12.0 Å². The number of hydrogen-bond acceptors (Lipinski definition) is 5. The van der Waals surface area contributed by atoms with E-state index < -0.39 is 5.54 Å². The van der Waals surface area contributed by atoms with Crippen LogP contribution in [0.2, 0.25) is 0 Å². The van der Waals surface area contributed by atoms with Crippen LogP contribution in [-0.4, -0.2) is 37.0 Å². The van der Waals surface area contributed by atoms with Gasteiger partial charge >= 0.3 is 0 Å². The number of amidine groups is 1. The second-order valence-corrected chi connectivity index (χ2v) is 9.19. The molecule has 0 saturated carbocycles. The Morgan fingerprint density at radius 3 is 2.57 bits per heavy atom. The zero-order chi connectivity index (χ0) is 21.6. The van der Waals surface area contributed by atoms with E-state index in [9.17, 15) is 9.59 Å². The SMILES string of the molecule is Cc1ccc(C)c(N=C2SCC(C)(C)N2C(=O)c2nn(C)c(=O)c3ccccc23)c1. The number of fused-ring (bicyclic) bond motifs is 1. The van der Waals surface area contributed by atoms with E-state index in [0.29, 0.717) is 15.9 Å². The fraction of sp³-hybridized carbons (Fsp3) is 0.304. The molecular weight excluding hydrogens is 396 g/mol. The highest BCUT2D eigenvalue weighted by molar-refractivity contribution is 8.14. The van der Waals surface area contributed by atoms with Gasteiger partial charge in [0.1, 0.15) is 0 Å². The molecule has 4 rings (SSSR count). The van der Waals surface area contributed by atoms with Crippen molar-refractivity contribution < 1.29 is 4.79 Å². The van der Waals surface area contributed by atoms with Gasteiger partial charge in [-0.2, -0.15) is 5.10 Å². The summed E-state index contributed by atoms with van der Waals surface area (Å²) >= 11 is 1.56. The number of thioether (sulfide) groups is 1. The van der Waals surface area contributed by atoms with Crippen LogP contribution in [0.3, 0.4) is 0 Å². The standard InChI is InChI=1S/C23H24N4O2S/c1-14-10-11-15(2)18(12-14)24-22-27(23(3,4)13-30-22)21(29)19-16-8-6-7-9-17(16)20(28)26(5)25-19/h6-12H,13H2,1-5H3. The molecular formula is C23H24N4O2S. The molecule has 154 valence electrons. The minimum Gasteiger partial charge on any atom is -0.279 e.